The Kier molecular flexibility index (Phi) is 6.52. The molecule has 29 heavy (non-hydrogen) atoms. The van der Waals surface area contributed by atoms with Crippen molar-refractivity contribution in [2.75, 3.05) is 6.61 Å². The lowest BCUT2D eigenvalue weighted by molar-refractivity contribution is -0.385. The summed E-state index contributed by atoms with van der Waals surface area (Å²) in [5, 5.41) is 13.9. The van der Waals surface area contributed by atoms with E-state index in [9.17, 15) is 19.3 Å². The molecule has 0 saturated carbocycles. The molecule has 0 saturated heterocycles. The summed E-state index contributed by atoms with van der Waals surface area (Å²) in [7, 11) is 0. The quantitative estimate of drug-likeness (QED) is 0.458. The molecule has 7 heteroatoms. The molecule has 1 N–H and O–H groups in total. The van der Waals surface area contributed by atoms with Crippen LogP contribution in [0.4, 0.5) is 10.1 Å². The van der Waals surface area contributed by atoms with Crippen molar-refractivity contribution in [3.05, 3.63) is 106 Å². The second-order valence-corrected chi connectivity index (χ2v) is 6.38. The number of halogens is 1. The number of nitrogens with zero attached hydrogens (tertiary/aromatic N) is 1. The zero-order chi connectivity index (χ0) is 20.6. The maximum Gasteiger partial charge on any atom is 0.311 e. The maximum absolute atomic E-state index is 13.4. The lowest BCUT2D eigenvalue weighted by Gasteiger charge is -2.19. The number of hydrogen-bond donors (Lipinski definition) is 1. The van der Waals surface area contributed by atoms with Crippen molar-refractivity contribution in [1.82, 2.24) is 5.32 Å². The van der Waals surface area contributed by atoms with Crippen LogP contribution in [0.2, 0.25) is 0 Å². The third-order valence-electron chi connectivity index (χ3n) is 4.30. The Labute approximate surface area is 167 Å². The number of hydrogen-bond acceptors (Lipinski definition) is 4. The van der Waals surface area contributed by atoms with Gasteiger partial charge in [0.15, 0.2) is 6.61 Å². The number of nitro benzene ring substituents is 1. The van der Waals surface area contributed by atoms with Gasteiger partial charge in [-0.1, -0.05) is 60.7 Å². The summed E-state index contributed by atoms with van der Waals surface area (Å²) in [4.78, 5) is 22.8. The summed E-state index contributed by atoms with van der Waals surface area (Å²) in [5.74, 6) is -1.44. The predicted octanol–water partition coefficient (Wildman–Crippen LogP) is 4.21. The Morgan fingerprint density at radius 3 is 2.34 bits per heavy atom. The smallest absolute Gasteiger partial charge is 0.311 e. The third-order valence-corrected chi connectivity index (χ3v) is 4.30. The van der Waals surface area contributed by atoms with E-state index in [1.807, 2.05) is 60.7 Å². The van der Waals surface area contributed by atoms with E-state index in [1.54, 1.807) is 0 Å². The van der Waals surface area contributed by atoms with Gasteiger partial charge in [0.2, 0.25) is 5.75 Å². The highest BCUT2D eigenvalue weighted by Crippen LogP contribution is 2.27. The minimum Gasteiger partial charge on any atom is -0.477 e. The largest absolute Gasteiger partial charge is 0.477 e. The van der Waals surface area contributed by atoms with Gasteiger partial charge in [-0.15, -0.1) is 0 Å². The van der Waals surface area contributed by atoms with Crippen molar-refractivity contribution in [1.29, 1.82) is 0 Å². The average molecular weight is 394 g/mol. The van der Waals surface area contributed by atoms with Crippen LogP contribution in [0.1, 0.15) is 17.2 Å². The molecule has 3 aromatic rings. The first-order chi connectivity index (χ1) is 14.0. The Balaban J connectivity index is 1.71. The Bertz CT molecular complexity index is 981. The molecule has 0 radical (unpaired) electrons. The molecule has 3 aromatic carbocycles. The van der Waals surface area contributed by atoms with Crippen LogP contribution in [0, 0.1) is 15.9 Å². The molecule has 1 unspecified atom stereocenters. The molecular weight excluding hydrogens is 375 g/mol. The number of carbonyl (C=O) groups is 1. The molecule has 0 spiro atoms. The summed E-state index contributed by atoms with van der Waals surface area (Å²) in [6.07, 6.45) is 0.566. The zero-order valence-corrected chi connectivity index (χ0v) is 15.5. The number of amides is 1. The number of rotatable bonds is 8. The summed E-state index contributed by atoms with van der Waals surface area (Å²) < 4.78 is 18.6. The summed E-state index contributed by atoms with van der Waals surface area (Å²) >= 11 is 0. The fourth-order valence-corrected chi connectivity index (χ4v) is 2.92. The van der Waals surface area contributed by atoms with Crippen LogP contribution < -0.4 is 10.1 Å². The fraction of sp³-hybridized carbons (Fsp3) is 0.136. The summed E-state index contributed by atoms with van der Waals surface area (Å²) in [6, 6.07) is 21.7. The molecule has 1 amide bonds. The van der Waals surface area contributed by atoms with Gasteiger partial charge < -0.3 is 10.1 Å². The van der Waals surface area contributed by atoms with E-state index >= 15 is 0 Å². The fourth-order valence-electron chi connectivity index (χ4n) is 2.92. The second kappa shape index (κ2) is 9.45. The second-order valence-electron chi connectivity index (χ2n) is 6.38. The van der Waals surface area contributed by atoms with Crippen molar-refractivity contribution in [2.24, 2.45) is 0 Å². The van der Waals surface area contributed by atoms with E-state index in [-0.39, 0.29) is 11.8 Å². The molecule has 0 aliphatic heterocycles. The standard InChI is InChI=1S/C22H19FN2O4/c23-18-11-12-20(25(27)28)21(14-18)29-15-22(26)24-19(17-9-5-2-6-10-17)13-16-7-3-1-4-8-16/h1-12,14,19H,13,15H2,(H,24,26). The molecule has 0 aromatic heterocycles. The summed E-state index contributed by atoms with van der Waals surface area (Å²) in [6.45, 7) is -0.470. The van der Waals surface area contributed by atoms with Gasteiger partial charge in [-0.3, -0.25) is 14.9 Å². The van der Waals surface area contributed by atoms with Crippen LogP contribution in [0.15, 0.2) is 78.9 Å². The first kappa shape index (κ1) is 20.0. The molecular formula is C22H19FN2O4. The monoisotopic (exact) mass is 394 g/mol. The van der Waals surface area contributed by atoms with Crippen molar-refractivity contribution in [2.45, 2.75) is 12.5 Å². The minimum atomic E-state index is -0.686. The zero-order valence-electron chi connectivity index (χ0n) is 15.5. The van der Waals surface area contributed by atoms with E-state index in [1.165, 1.54) is 0 Å². The van der Waals surface area contributed by atoms with Crippen LogP contribution in [-0.4, -0.2) is 17.4 Å². The highest BCUT2D eigenvalue weighted by atomic mass is 19.1. The van der Waals surface area contributed by atoms with Gasteiger partial charge in [-0.25, -0.2) is 4.39 Å². The Hall–Kier alpha value is -3.74. The molecule has 6 nitrogen and oxygen atoms in total. The lowest BCUT2D eigenvalue weighted by atomic mass is 9.99. The first-order valence-electron chi connectivity index (χ1n) is 8.98. The average Bonchev–Trinajstić information content (AvgIpc) is 2.73. The van der Waals surface area contributed by atoms with Crippen molar-refractivity contribution in [3.63, 3.8) is 0 Å². The molecule has 0 aliphatic carbocycles. The van der Waals surface area contributed by atoms with E-state index in [0.717, 1.165) is 29.3 Å². The number of ether oxygens (including phenoxy) is 1. The highest BCUT2D eigenvalue weighted by Gasteiger charge is 2.19. The number of benzene rings is 3. The summed E-state index contributed by atoms with van der Waals surface area (Å²) in [5.41, 5.74) is 1.56. The minimum absolute atomic E-state index is 0.288. The van der Waals surface area contributed by atoms with E-state index in [4.69, 9.17) is 4.74 Å². The molecule has 0 heterocycles. The van der Waals surface area contributed by atoms with Crippen LogP contribution in [-0.2, 0) is 11.2 Å². The van der Waals surface area contributed by atoms with Gasteiger partial charge >= 0.3 is 5.69 Å². The molecule has 0 fully saturated rings. The Morgan fingerprint density at radius 2 is 1.69 bits per heavy atom. The van der Waals surface area contributed by atoms with Gasteiger partial charge in [0.25, 0.3) is 5.91 Å². The van der Waals surface area contributed by atoms with Gasteiger partial charge in [-0.05, 0) is 23.6 Å². The first-order valence-corrected chi connectivity index (χ1v) is 8.98. The van der Waals surface area contributed by atoms with Crippen LogP contribution in [0.3, 0.4) is 0 Å². The van der Waals surface area contributed by atoms with Gasteiger partial charge in [-0.2, -0.15) is 0 Å². The highest BCUT2D eigenvalue weighted by molar-refractivity contribution is 5.78. The van der Waals surface area contributed by atoms with E-state index < -0.39 is 28.9 Å². The van der Waals surface area contributed by atoms with Gasteiger partial charge in [0.05, 0.1) is 11.0 Å². The predicted molar refractivity (Wildman–Crippen MR) is 106 cm³/mol. The van der Waals surface area contributed by atoms with E-state index in [2.05, 4.69) is 5.32 Å². The lowest BCUT2D eigenvalue weighted by Crippen LogP contribution is -2.33. The van der Waals surface area contributed by atoms with Crippen LogP contribution in [0.5, 0.6) is 5.75 Å². The SMILES string of the molecule is O=C(COc1cc(F)ccc1[N+](=O)[O-])NC(Cc1ccccc1)c1ccccc1. The molecule has 3 rings (SSSR count). The number of nitrogens with one attached hydrogen (secondary N) is 1. The number of nitro groups is 1. The van der Waals surface area contributed by atoms with Crippen molar-refractivity contribution in [3.8, 4) is 5.75 Å². The maximum atomic E-state index is 13.4. The topological polar surface area (TPSA) is 81.5 Å². The molecule has 0 bridgehead atoms. The molecule has 148 valence electrons. The van der Waals surface area contributed by atoms with E-state index in [0.29, 0.717) is 6.42 Å². The normalized spacial score (nSPS) is 11.5. The van der Waals surface area contributed by atoms with Crippen LogP contribution >= 0.6 is 0 Å². The van der Waals surface area contributed by atoms with Crippen molar-refractivity contribution >= 4 is 11.6 Å². The molecule has 0 aliphatic rings. The number of carbonyl (C=O) groups excluding carboxylic acids is 1. The third kappa shape index (κ3) is 5.62. The van der Waals surface area contributed by atoms with Gasteiger partial charge in [0, 0.05) is 12.1 Å². The van der Waals surface area contributed by atoms with Crippen LogP contribution in [0.25, 0.3) is 0 Å². The van der Waals surface area contributed by atoms with Gasteiger partial charge in [0.1, 0.15) is 5.82 Å². The van der Waals surface area contributed by atoms with Crippen molar-refractivity contribution < 1.29 is 18.8 Å². The molecule has 1 atom stereocenters. The Morgan fingerprint density at radius 1 is 1.03 bits per heavy atom.